The van der Waals surface area contributed by atoms with E-state index < -0.39 is 0 Å². The van der Waals surface area contributed by atoms with Gasteiger partial charge in [-0.15, -0.1) is 11.3 Å². The summed E-state index contributed by atoms with van der Waals surface area (Å²) in [5.41, 5.74) is 6.19. The SMILES string of the molecule is NCCc1nc(C(=O)N2CCCC2C2CCCCC2)cs1. The molecule has 1 aliphatic heterocycles. The van der Waals surface area contributed by atoms with Crippen molar-refractivity contribution in [1.82, 2.24) is 9.88 Å². The fourth-order valence-corrected chi connectivity index (χ4v) is 4.64. The summed E-state index contributed by atoms with van der Waals surface area (Å²) in [5, 5.41) is 2.89. The number of hydrogen-bond donors (Lipinski definition) is 1. The van der Waals surface area contributed by atoms with Crippen molar-refractivity contribution in [2.75, 3.05) is 13.1 Å². The maximum absolute atomic E-state index is 12.8. The highest BCUT2D eigenvalue weighted by molar-refractivity contribution is 7.09. The Kier molecular flexibility index (Phi) is 4.91. The molecule has 1 amide bonds. The van der Waals surface area contributed by atoms with Crippen LogP contribution in [-0.2, 0) is 6.42 Å². The average Bonchev–Trinajstić information content (AvgIpc) is 3.17. The first-order valence-electron chi connectivity index (χ1n) is 8.25. The van der Waals surface area contributed by atoms with E-state index in [1.54, 1.807) is 11.3 Å². The molecule has 5 heteroatoms. The van der Waals surface area contributed by atoms with Crippen LogP contribution in [0.2, 0.25) is 0 Å². The van der Waals surface area contributed by atoms with Gasteiger partial charge in [-0.2, -0.15) is 0 Å². The zero-order chi connectivity index (χ0) is 14.7. The lowest BCUT2D eigenvalue weighted by Crippen LogP contribution is -2.40. The molecule has 1 aromatic rings. The predicted molar refractivity (Wildman–Crippen MR) is 85.5 cm³/mol. The molecule has 116 valence electrons. The highest BCUT2D eigenvalue weighted by atomic mass is 32.1. The van der Waals surface area contributed by atoms with E-state index in [-0.39, 0.29) is 5.91 Å². The fourth-order valence-electron chi connectivity index (χ4n) is 3.85. The van der Waals surface area contributed by atoms with Gasteiger partial charge in [0.25, 0.3) is 5.91 Å². The number of likely N-dealkylation sites (tertiary alicyclic amines) is 1. The van der Waals surface area contributed by atoms with E-state index in [4.69, 9.17) is 5.73 Å². The van der Waals surface area contributed by atoms with Gasteiger partial charge in [0, 0.05) is 24.4 Å². The molecule has 1 saturated heterocycles. The largest absolute Gasteiger partial charge is 0.334 e. The van der Waals surface area contributed by atoms with Crippen molar-refractivity contribution in [2.45, 2.75) is 57.4 Å². The molecule has 1 atom stereocenters. The molecular formula is C16H25N3OS. The van der Waals surface area contributed by atoms with E-state index >= 15 is 0 Å². The topological polar surface area (TPSA) is 59.2 Å². The van der Waals surface area contributed by atoms with Crippen LogP contribution in [0.15, 0.2) is 5.38 Å². The Morgan fingerprint density at radius 1 is 1.29 bits per heavy atom. The van der Waals surface area contributed by atoms with Crippen molar-refractivity contribution in [3.05, 3.63) is 16.1 Å². The van der Waals surface area contributed by atoms with Crippen LogP contribution in [0.1, 0.15) is 60.4 Å². The van der Waals surface area contributed by atoms with Crippen LogP contribution in [-0.4, -0.2) is 34.9 Å². The normalized spacial score (nSPS) is 23.7. The van der Waals surface area contributed by atoms with Gasteiger partial charge >= 0.3 is 0 Å². The molecule has 4 nitrogen and oxygen atoms in total. The van der Waals surface area contributed by atoms with Crippen LogP contribution in [0.25, 0.3) is 0 Å². The standard InChI is InChI=1S/C16H25N3OS/c17-9-8-15-18-13(11-21-15)16(20)19-10-4-7-14(19)12-5-2-1-3-6-12/h11-12,14H,1-10,17H2. The Balaban J connectivity index is 1.69. The van der Waals surface area contributed by atoms with E-state index in [2.05, 4.69) is 9.88 Å². The van der Waals surface area contributed by atoms with Crippen LogP contribution in [0.5, 0.6) is 0 Å². The molecule has 2 aliphatic rings. The number of hydrogen-bond acceptors (Lipinski definition) is 4. The van der Waals surface area contributed by atoms with Crippen molar-refractivity contribution < 1.29 is 4.79 Å². The summed E-state index contributed by atoms with van der Waals surface area (Å²) in [6, 6.07) is 0.456. The van der Waals surface area contributed by atoms with Crippen molar-refractivity contribution in [1.29, 1.82) is 0 Å². The van der Waals surface area contributed by atoms with Crippen LogP contribution >= 0.6 is 11.3 Å². The third-order valence-electron chi connectivity index (χ3n) is 4.88. The molecule has 3 rings (SSSR count). The summed E-state index contributed by atoms with van der Waals surface area (Å²) in [6.45, 7) is 1.50. The molecule has 1 aromatic heterocycles. The minimum absolute atomic E-state index is 0.141. The number of aromatic nitrogens is 1. The van der Waals surface area contributed by atoms with Gasteiger partial charge in [-0.1, -0.05) is 19.3 Å². The smallest absolute Gasteiger partial charge is 0.273 e. The first-order chi connectivity index (χ1) is 10.3. The summed E-state index contributed by atoms with van der Waals surface area (Å²) in [7, 11) is 0. The Labute approximate surface area is 130 Å². The Hall–Kier alpha value is -0.940. The van der Waals surface area contributed by atoms with Gasteiger partial charge in [-0.3, -0.25) is 4.79 Å². The van der Waals surface area contributed by atoms with Gasteiger partial charge in [-0.05, 0) is 38.1 Å². The molecule has 0 radical (unpaired) electrons. The average molecular weight is 307 g/mol. The fraction of sp³-hybridized carbons (Fsp3) is 0.750. The number of rotatable bonds is 4. The minimum Gasteiger partial charge on any atom is -0.334 e. The second kappa shape index (κ2) is 6.88. The van der Waals surface area contributed by atoms with Crippen molar-refractivity contribution in [2.24, 2.45) is 11.7 Å². The molecular weight excluding hydrogens is 282 g/mol. The summed E-state index contributed by atoms with van der Waals surface area (Å²) < 4.78 is 0. The van der Waals surface area contributed by atoms with Gasteiger partial charge in [0.05, 0.1) is 5.01 Å². The minimum atomic E-state index is 0.141. The number of thiazole rings is 1. The summed E-state index contributed by atoms with van der Waals surface area (Å²) in [6.07, 6.45) is 9.72. The van der Waals surface area contributed by atoms with Crippen LogP contribution < -0.4 is 5.73 Å². The Bertz CT molecular complexity index is 482. The molecule has 1 unspecified atom stereocenters. The zero-order valence-corrected chi connectivity index (χ0v) is 13.4. The maximum atomic E-state index is 12.8. The molecule has 21 heavy (non-hydrogen) atoms. The molecule has 0 aromatic carbocycles. The second-order valence-electron chi connectivity index (χ2n) is 6.27. The quantitative estimate of drug-likeness (QED) is 0.930. The number of carbonyl (C=O) groups excluding carboxylic acids is 1. The van der Waals surface area contributed by atoms with Crippen molar-refractivity contribution in [3.63, 3.8) is 0 Å². The van der Waals surface area contributed by atoms with Crippen LogP contribution in [0.3, 0.4) is 0 Å². The van der Waals surface area contributed by atoms with Crippen LogP contribution in [0.4, 0.5) is 0 Å². The number of carbonyl (C=O) groups is 1. The van der Waals surface area contributed by atoms with Gasteiger partial charge in [-0.25, -0.2) is 4.98 Å². The van der Waals surface area contributed by atoms with Gasteiger partial charge < -0.3 is 10.6 Å². The van der Waals surface area contributed by atoms with E-state index in [1.807, 2.05) is 5.38 Å². The third-order valence-corrected chi connectivity index (χ3v) is 5.79. The molecule has 0 bridgehead atoms. The van der Waals surface area contributed by atoms with E-state index in [9.17, 15) is 4.79 Å². The molecule has 2 heterocycles. The molecule has 2 fully saturated rings. The predicted octanol–water partition coefficient (Wildman–Crippen LogP) is 2.83. The molecule has 0 spiro atoms. The highest BCUT2D eigenvalue weighted by Gasteiger charge is 2.36. The monoisotopic (exact) mass is 307 g/mol. The zero-order valence-electron chi connectivity index (χ0n) is 12.6. The molecule has 1 saturated carbocycles. The lowest BCUT2D eigenvalue weighted by molar-refractivity contribution is 0.0656. The van der Waals surface area contributed by atoms with Crippen molar-refractivity contribution >= 4 is 17.2 Å². The second-order valence-corrected chi connectivity index (χ2v) is 7.21. The van der Waals surface area contributed by atoms with Gasteiger partial charge in [0.15, 0.2) is 0 Å². The number of amides is 1. The summed E-state index contributed by atoms with van der Waals surface area (Å²) in [4.78, 5) is 19.3. The highest BCUT2D eigenvalue weighted by Crippen LogP contribution is 2.35. The van der Waals surface area contributed by atoms with Crippen LogP contribution in [0, 0.1) is 5.92 Å². The molecule has 1 aliphatic carbocycles. The third kappa shape index (κ3) is 3.29. The number of nitrogens with zero attached hydrogens (tertiary/aromatic N) is 2. The first kappa shape index (κ1) is 15.0. The Morgan fingerprint density at radius 2 is 2.10 bits per heavy atom. The molecule has 2 N–H and O–H groups in total. The van der Waals surface area contributed by atoms with E-state index in [0.717, 1.165) is 24.4 Å². The summed E-state index contributed by atoms with van der Waals surface area (Å²) >= 11 is 1.56. The van der Waals surface area contributed by atoms with E-state index in [1.165, 1.54) is 38.5 Å². The van der Waals surface area contributed by atoms with Gasteiger partial charge in [0.1, 0.15) is 5.69 Å². The number of nitrogens with two attached hydrogens (primary N) is 1. The lowest BCUT2D eigenvalue weighted by atomic mass is 9.83. The summed E-state index contributed by atoms with van der Waals surface area (Å²) in [5.74, 6) is 0.856. The van der Waals surface area contributed by atoms with Crippen molar-refractivity contribution in [3.8, 4) is 0 Å². The lowest BCUT2D eigenvalue weighted by Gasteiger charge is -2.33. The Morgan fingerprint density at radius 3 is 2.86 bits per heavy atom. The maximum Gasteiger partial charge on any atom is 0.273 e. The first-order valence-corrected chi connectivity index (χ1v) is 9.13. The van der Waals surface area contributed by atoms with Gasteiger partial charge in [0.2, 0.25) is 0 Å². The van der Waals surface area contributed by atoms with E-state index in [0.29, 0.717) is 24.2 Å².